The van der Waals surface area contributed by atoms with E-state index in [-0.39, 0.29) is 5.76 Å². The van der Waals surface area contributed by atoms with Crippen molar-refractivity contribution in [1.29, 1.82) is 0 Å². The maximum absolute atomic E-state index is 10.6. The molecule has 2 heteroatoms. The number of aryl methyl sites for hydroxylation is 1. The lowest BCUT2D eigenvalue weighted by Crippen LogP contribution is -2.04. The molecule has 0 aromatic carbocycles. The molecule has 0 saturated heterocycles. The van der Waals surface area contributed by atoms with Gasteiger partial charge in [0, 0.05) is 18.9 Å². The van der Waals surface area contributed by atoms with Gasteiger partial charge in [0.05, 0.1) is 0 Å². The summed E-state index contributed by atoms with van der Waals surface area (Å²) in [7, 11) is 1.82. The van der Waals surface area contributed by atoms with Crippen LogP contribution in [0.4, 0.5) is 0 Å². The third kappa shape index (κ3) is 0.964. The largest absolute Gasteiger partial charge is 0.871 e. The summed E-state index contributed by atoms with van der Waals surface area (Å²) < 4.78 is 1.75. The van der Waals surface area contributed by atoms with Crippen molar-refractivity contribution in [2.45, 2.75) is 0 Å². The molecule has 0 aliphatic carbocycles. The maximum Gasteiger partial charge on any atom is 0.0318 e. The van der Waals surface area contributed by atoms with Crippen LogP contribution in [0.5, 0.6) is 0 Å². The van der Waals surface area contributed by atoms with E-state index in [0.717, 1.165) is 0 Å². The summed E-state index contributed by atoms with van der Waals surface area (Å²) in [6, 6.07) is 3.56. The molecule has 0 unspecified atom stereocenters. The van der Waals surface area contributed by atoms with Crippen molar-refractivity contribution in [3.63, 3.8) is 0 Å². The number of rotatable bonds is 1. The van der Waals surface area contributed by atoms with Crippen LogP contribution in [0.25, 0.3) is 5.76 Å². The average molecular weight is 122 g/mol. The molecule has 2 nitrogen and oxygen atoms in total. The van der Waals surface area contributed by atoms with Gasteiger partial charge in [-0.1, -0.05) is 5.76 Å². The molecule has 0 saturated carbocycles. The van der Waals surface area contributed by atoms with Crippen LogP contribution in [-0.2, 0) is 7.05 Å². The second-order valence-electron chi connectivity index (χ2n) is 1.93. The third-order valence-electron chi connectivity index (χ3n) is 1.23. The summed E-state index contributed by atoms with van der Waals surface area (Å²) in [4.78, 5) is 0. The van der Waals surface area contributed by atoms with Gasteiger partial charge in [-0.25, -0.2) is 0 Å². The fourth-order valence-electron chi connectivity index (χ4n) is 0.751. The van der Waals surface area contributed by atoms with Crippen molar-refractivity contribution in [3.05, 3.63) is 30.6 Å². The highest BCUT2D eigenvalue weighted by atomic mass is 16.3. The molecule has 1 heterocycles. The van der Waals surface area contributed by atoms with Crippen LogP contribution in [0.1, 0.15) is 5.69 Å². The Hall–Kier alpha value is -1.18. The lowest BCUT2D eigenvalue weighted by molar-refractivity contribution is -0.243. The smallest absolute Gasteiger partial charge is 0.0318 e. The van der Waals surface area contributed by atoms with Crippen molar-refractivity contribution in [1.82, 2.24) is 4.57 Å². The summed E-state index contributed by atoms with van der Waals surface area (Å²) in [5.74, 6) is -0.137. The highest BCUT2D eigenvalue weighted by molar-refractivity contribution is 5.50. The molecule has 1 rings (SSSR count). The molecule has 0 N–H and O–H groups in total. The lowest BCUT2D eigenvalue weighted by Gasteiger charge is -2.09. The molecule has 0 radical (unpaired) electrons. The summed E-state index contributed by atoms with van der Waals surface area (Å²) in [6.45, 7) is 3.28. The van der Waals surface area contributed by atoms with E-state index < -0.39 is 0 Å². The summed E-state index contributed by atoms with van der Waals surface area (Å²) in [5.41, 5.74) is 0.648. The van der Waals surface area contributed by atoms with Crippen molar-refractivity contribution in [3.8, 4) is 0 Å². The molecule has 48 valence electrons. The summed E-state index contributed by atoms with van der Waals surface area (Å²) >= 11 is 0. The Kier molecular flexibility index (Phi) is 1.30. The quantitative estimate of drug-likeness (QED) is 0.494. The van der Waals surface area contributed by atoms with E-state index in [4.69, 9.17) is 0 Å². The van der Waals surface area contributed by atoms with E-state index in [1.807, 2.05) is 19.3 Å². The minimum atomic E-state index is -0.137. The van der Waals surface area contributed by atoms with E-state index in [1.54, 1.807) is 10.6 Å². The summed E-state index contributed by atoms with van der Waals surface area (Å²) in [6.07, 6.45) is 1.82. The Bertz CT molecular complexity index is 225. The minimum Gasteiger partial charge on any atom is -0.871 e. The van der Waals surface area contributed by atoms with E-state index in [0.29, 0.717) is 5.69 Å². The van der Waals surface area contributed by atoms with Crippen molar-refractivity contribution >= 4 is 5.76 Å². The van der Waals surface area contributed by atoms with E-state index in [9.17, 15) is 5.11 Å². The molecule has 0 bridgehead atoms. The Morgan fingerprint density at radius 2 is 2.44 bits per heavy atom. The van der Waals surface area contributed by atoms with Crippen LogP contribution >= 0.6 is 0 Å². The molecule has 1 aromatic heterocycles. The molecule has 0 spiro atoms. The van der Waals surface area contributed by atoms with Crippen LogP contribution in [0, 0.1) is 0 Å². The van der Waals surface area contributed by atoms with Crippen LogP contribution in [0.3, 0.4) is 0 Å². The normalized spacial score (nSPS) is 9.44. The lowest BCUT2D eigenvalue weighted by atomic mass is 10.4. The molecule has 0 aliphatic heterocycles. The molecular weight excluding hydrogens is 114 g/mol. The van der Waals surface area contributed by atoms with Gasteiger partial charge in [-0.15, -0.1) is 6.58 Å². The summed E-state index contributed by atoms with van der Waals surface area (Å²) in [5, 5.41) is 10.6. The van der Waals surface area contributed by atoms with Gasteiger partial charge in [0.15, 0.2) is 0 Å². The first-order valence-electron chi connectivity index (χ1n) is 2.69. The second-order valence-corrected chi connectivity index (χ2v) is 1.93. The van der Waals surface area contributed by atoms with Crippen LogP contribution in [-0.4, -0.2) is 4.57 Å². The predicted molar refractivity (Wildman–Crippen MR) is 34.4 cm³/mol. The Morgan fingerprint density at radius 3 is 2.67 bits per heavy atom. The Balaban J connectivity index is 3.08. The topological polar surface area (TPSA) is 28.0 Å². The van der Waals surface area contributed by atoms with E-state index >= 15 is 0 Å². The number of aromatic nitrogens is 1. The first-order chi connectivity index (χ1) is 4.22. The monoisotopic (exact) mass is 122 g/mol. The first-order valence-corrected chi connectivity index (χ1v) is 2.69. The van der Waals surface area contributed by atoms with Gasteiger partial charge in [0.1, 0.15) is 0 Å². The first kappa shape index (κ1) is 5.95. The molecule has 0 fully saturated rings. The average Bonchev–Trinajstić information content (AvgIpc) is 2.13. The van der Waals surface area contributed by atoms with Gasteiger partial charge in [-0.2, -0.15) is 0 Å². The van der Waals surface area contributed by atoms with Gasteiger partial charge in [0.2, 0.25) is 0 Å². The van der Waals surface area contributed by atoms with Crippen LogP contribution in [0.2, 0.25) is 0 Å². The SMILES string of the molecule is C=C([O-])c1cccn1C. The highest BCUT2D eigenvalue weighted by Gasteiger charge is 1.89. The zero-order valence-corrected chi connectivity index (χ0v) is 5.29. The number of hydrogen-bond acceptors (Lipinski definition) is 1. The Morgan fingerprint density at radius 1 is 1.78 bits per heavy atom. The fourth-order valence-corrected chi connectivity index (χ4v) is 0.751. The van der Waals surface area contributed by atoms with Gasteiger partial charge < -0.3 is 9.67 Å². The molecule has 0 aliphatic rings. The van der Waals surface area contributed by atoms with Crippen LogP contribution < -0.4 is 5.11 Å². The van der Waals surface area contributed by atoms with E-state index in [2.05, 4.69) is 6.58 Å². The fraction of sp³-hybridized carbons (Fsp3) is 0.143. The van der Waals surface area contributed by atoms with Crippen LogP contribution in [0.15, 0.2) is 24.9 Å². The molecule has 1 aromatic rings. The van der Waals surface area contributed by atoms with Crippen molar-refractivity contribution < 1.29 is 5.11 Å². The zero-order chi connectivity index (χ0) is 6.85. The second kappa shape index (κ2) is 1.97. The predicted octanol–water partition coefficient (Wildman–Crippen LogP) is 0.356. The van der Waals surface area contributed by atoms with Gasteiger partial charge in [-0.05, 0) is 12.1 Å². The molecule has 0 atom stereocenters. The van der Waals surface area contributed by atoms with Gasteiger partial charge >= 0.3 is 0 Å². The number of hydrogen-bond donors (Lipinski definition) is 0. The third-order valence-corrected chi connectivity index (χ3v) is 1.23. The Labute approximate surface area is 54.0 Å². The van der Waals surface area contributed by atoms with Gasteiger partial charge in [-0.3, -0.25) is 0 Å². The number of nitrogens with zero attached hydrogens (tertiary/aromatic N) is 1. The molecule has 9 heavy (non-hydrogen) atoms. The zero-order valence-electron chi connectivity index (χ0n) is 5.29. The van der Waals surface area contributed by atoms with Gasteiger partial charge in [0.25, 0.3) is 0 Å². The highest BCUT2D eigenvalue weighted by Crippen LogP contribution is 2.04. The standard InChI is InChI=1S/C7H9NO/c1-6(9)7-4-3-5-8(7)2/h3-5,9H,1H2,2H3/p-1. The minimum absolute atomic E-state index is 0.137. The molecule has 0 amide bonds. The van der Waals surface area contributed by atoms with E-state index in [1.165, 1.54) is 0 Å². The van der Waals surface area contributed by atoms with Crippen molar-refractivity contribution in [2.24, 2.45) is 7.05 Å². The molecular formula is C7H8NO-. The van der Waals surface area contributed by atoms with Crippen molar-refractivity contribution in [2.75, 3.05) is 0 Å². The maximum atomic E-state index is 10.6.